The quantitative estimate of drug-likeness (QED) is 0.841. The number of carbonyl (C=O) groups excluding carboxylic acids is 1. The number of para-hydroxylation sites is 1. The van der Waals surface area contributed by atoms with Crippen LogP contribution in [0.5, 0.6) is 0 Å². The van der Waals surface area contributed by atoms with Gasteiger partial charge in [0.1, 0.15) is 0 Å². The van der Waals surface area contributed by atoms with E-state index in [1.54, 1.807) is 0 Å². The second-order valence-electron chi connectivity index (χ2n) is 8.06. The van der Waals surface area contributed by atoms with E-state index < -0.39 is 0 Å². The molecule has 1 aromatic heterocycles. The van der Waals surface area contributed by atoms with Crippen LogP contribution in [-0.2, 0) is 17.9 Å². The highest BCUT2D eigenvalue weighted by molar-refractivity contribution is 5.93. The summed E-state index contributed by atoms with van der Waals surface area (Å²) in [6, 6.07) is 10.2. The Morgan fingerprint density at radius 2 is 2.11 bits per heavy atom. The van der Waals surface area contributed by atoms with Crippen LogP contribution in [0.25, 0.3) is 0 Å². The van der Waals surface area contributed by atoms with Gasteiger partial charge in [0.05, 0.1) is 18.2 Å². The molecule has 3 aliphatic rings. The summed E-state index contributed by atoms with van der Waals surface area (Å²) >= 11 is 0. The lowest BCUT2D eigenvalue weighted by Crippen LogP contribution is -2.57. The minimum atomic E-state index is 0.0789. The lowest BCUT2D eigenvalue weighted by atomic mass is 9.75. The molecule has 5 rings (SSSR count). The Kier molecular flexibility index (Phi) is 5.22. The molecule has 0 spiro atoms. The molecule has 7 nitrogen and oxygen atoms in total. The highest BCUT2D eigenvalue weighted by Crippen LogP contribution is 2.37. The van der Waals surface area contributed by atoms with Crippen LogP contribution in [0.1, 0.15) is 18.5 Å². The van der Waals surface area contributed by atoms with Crippen molar-refractivity contribution in [2.24, 2.45) is 11.8 Å². The number of hydrogen-bond acceptors (Lipinski definition) is 5. The molecule has 0 saturated carbocycles. The lowest BCUT2D eigenvalue weighted by Gasteiger charge is -2.49. The number of benzene rings is 1. The number of fused-ring (bicyclic) bond motifs is 3. The second kappa shape index (κ2) is 7.78. The zero-order chi connectivity index (χ0) is 18.8. The second-order valence-corrected chi connectivity index (χ2v) is 8.06. The van der Waals surface area contributed by atoms with E-state index in [1.165, 1.54) is 0 Å². The van der Waals surface area contributed by atoms with E-state index in [9.17, 15) is 4.79 Å². The van der Waals surface area contributed by atoms with Crippen LogP contribution in [0.2, 0.25) is 0 Å². The first-order valence-corrected chi connectivity index (χ1v) is 9.72. The van der Waals surface area contributed by atoms with Gasteiger partial charge in [-0.2, -0.15) is 0 Å². The molecule has 3 saturated heterocycles. The SMILES string of the molecule is CN(C)Cc1cn(C[C@H]2C[C@@H]3CCN2C[C@@H]3C(=O)Nc2ccccc2)nn1. The number of aromatic nitrogens is 3. The van der Waals surface area contributed by atoms with Crippen molar-refractivity contribution < 1.29 is 4.79 Å². The molecule has 1 N–H and O–H groups in total. The minimum absolute atomic E-state index is 0.0789. The van der Waals surface area contributed by atoms with Gasteiger partial charge >= 0.3 is 0 Å². The summed E-state index contributed by atoms with van der Waals surface area (Å²) < 4.78 is 1.96. The maximum atomic E-state index is 12.8. The van der Waals surface area contributed by atoms with Crippen molar-refractivity contribution in [1.82, 2.24) is 24.8 Å². The number of piperidine rings is 3. The smallest absolute Gasteiger partial charge is 0.229 e. The number of carbonyl (C=O) groups is 1. The predicted octanol–water partition coefficient (Wildman–Crippen LogP) is 1.69. The molecule has 3 fully saturated rings. The van der Waals surface area contributed by atoms with Gasteiger partial charge in [-0.3, -0.25) is 14.4 Å². The Hall–Kier alpha value is -2.25. The Bertz CT molecular complexity index is 774. The summed E-state index contributed by atoms with van der Waals surface area (Å²) in [5.41, 5.74) is 1.88. The minimum Gasteiger partial charge on any atom is -0.326 e. The Labute approximate surface area is 160 Å². The largest absolute Gasteiger partial charge is 0.326 e. The van der Waals surface area contributed by atoms with Crippen molar-refractivity contribution in [3.8, 4) is 0 Å². The van der Waals surface area contributed by atoms with Crippen molar-refractivity contribution in [2.45, 2.75) is 32.0 Å². The van der Waals surface area contributed by atoms with Gasteiger partial charge in [-0.1, -0.05) is 23.4 Å². The van der Waals surface area contributed by atoms with Crippen LogP contribution >= 0.6 is 0 Å². The third-order valence-corrected chi connectivity index (χ3v) is 5.72. The van der Waals surface area contributed by atoms with Crippen LogP contribution in [0.15, 0.2) is 36.5 Å². The van der Waals surface area contributed by atoms with Crippen molar-refractivity contribution in [1.29, 1.82) is 0 Å². The first-order chi connectivity index (χ1) is 13.1. The average Bonchev–Trinajstić information content (AvgIpc) is 3.09. The molecule has 0 aliphatic carbocycles. The van der Waals surface area contributed by atoms with Gasteiger partial charge in [-0.15, -0.1) is 5.10 Å². The fraction of sp³-hybridized carbons (Fsp3) is 0.550. The van der Waals surface area contributed by atoms with E-state index in [4.69, 9.17) is 0 Å². The Morgan fingerprint density at radius 1 is 1.30 bits per heavy atom. The van der Waals surface area contributed by atoms with Crippen LogP contribution in [0, 0.1) is 11.8 Å². The molecule has 1 unspecified atom stereocenters. The molecule has 0 radical (unpaired) electrons. The number of nitrogens with zero attached hydrogens (tertiary/aromatic N) is 5. The van der Waals surface area contributed by atoms with Crippen LogP contribution in [-0.4, -0.2) is 63.9 Å². The van der Waals surface area contributed by atoms with Gasteiger partial charge < -0.3 is 10.2 Å². The van der Waals surface area contributed by atoms with E-state index in [1.807, 2.05) is 55.3 Å². The van der Waals surface area contributed by atoms with Crippen molar-refractivity contribution >= 4 is 11.6 Å². The zero-order valence-electron chi connectivity index (χ0n) is 16.1. The molecule has 1 amide bonds. The van der Waals surface area contributed by atoms with Crippen molar-refractivity contribution in [3.05, 3.63) is 42.2 Å². The van der Waals surface area contributed by atoms with Crippen LogP contribution < -0.4 is 5.32 Å². The number of hydrogen-bond donors (Lipinski definition) is 1. The third kappa shape index (κ3) is 4.20. The molecule has 2 bridgehead atoms. The zero-order valence-corrected chi connectivity index (χ0v) is 16.1. The number of rotatable bonds is 6. The average molecular weight is 368 g/mol. The van der Waals surface area contributed by atoms with E-state index in [-0.39, 0.29) is 11.8 Å². The molecular weight excluding hydrogens is 340 g/mol. The van der Waals surface area contributed by atoms with Gasteiger partial charge in [0.2, 0.25) is 5.91 Å². The van der Waals surface area contributed by atoms with Crippen LogP contribution in [0.3, 0.4) is 0 Å². The monoisotopic (exact) mass is 368 g/mol. The summed E-state index contributed by atoms with van der Waals surface area (Å²) in [6.07, 6.45) is 4.20. The van der Waals surface area contributed by atoms with Gasteiger partial charge in [-0.25, -0.2) is 0 Å². The predicted molar refractivity (Wildman–Crippen MR) is 104 cm³/mol. The van der Waals surface area contributed by atoms with E-state index >= 15 is 0 Å². The number of anilines is 1. The fourth-order valence-electron chi connectivity index (χ4n) is 4.42. The normalized spacial score (nSPS) is 27.1. The molecule has 7 heteroatoms. The lowest BCUT2D eigenvalue weighted by molar-refractivity contribution is -0.127. The molecular formula is C20H28N6O. The van der Waals surface area contributed by atoms with Gasteiger partial charge in [0.15, 0.2) is 0 Å². The summed E-state index contributed by atoms with van der Waals surface area (Å²) in [5, 5.41) is 11.6. The maximum absolute atomic E-state index is 12.8. The van der Waals surface area contributed by atoms with Crippen LogP contribution in [0.4, 0.5) is 5.69 Å². The summed E-state index contributed by atoms with van der Waals surface area (Å²) in [7, 11) is 4.07. The van der Waals surface area contributed by atoms with Crippen molar-refractivity contribution in [2.75, 3.05) is 32.5 Å². The molecule has 4 atom stereocenters. The first kappa shape index (κ1) is 18.1. The summed E-state index contributed by atoms with van der Waals surface area (Å²) in [5.74, 6) is 0.687. The third-order valence-electron chi connectivity index (χ3n) is 5.72. The Balaban J connectivity index is 1.36. The molecule has 2 aromatic rings. The van der Waals surface area contributed by atoms with Gasteiger partial charge in [0.25, 0.3) is 0 Å². The molecule has 4 heterocycles. The maximum Gasteiger partial charge on any atom is 0.229 e. The first-order valence-electron chi connectivity index (χ1n) is 9.72. The topological polar surface area (TPSA) is 66.3 Å². The highest BCUT2D eigenvalue weighted by atomic mass is 16.2. The molecule has 3 aliphatic heterocycles. The molecule has 27 heavy (non-hydrogen) atoms. The highest BCUT2D eigenvalue weighted by Gasteiger charge is 2.43. The summed E-state index contributed by atoms with van der Waals surface area (Å²) in [4.78, 5) is 17.3. The van der Waals surface area contributed by atoms with E-state index in [0.29, 0.717) is 12.0 Å². The van der Waals surface area contributed by atoms with Gasteiger partial charge in [-0.05, 0) is 51.5 Å². The standard InChI is InChI=1S/C20H28N6O/c1-24(2)11-17-12-26(23-22-17)13-18-10-15-8-9-25(18)14-19(15)20(27)21-16-6-4-3-5-7-16/h3-7,12,15,18-19H,8-11,13-14H2,1-2H3,(H,21,27)/t15-,18+,19-/m0/s1. The fourth-order valence-corrected chi connectivity index (χ4v) is 4.42. The number of amides is 1. The van der Waals surface area contributed by atoms with Gasteiger partial charge in [0, 0.05) is 31.0 Å². The van der Waals surface area contributed by atoms with E-state index in [2.05, 4.69) is 25.4 Å². The molecule has 144 valence electrons. The summed E-state index contributed by atoms with van der Waals surface area (Å²) in [6.45, 7) is 3.57. The molecule has 1 aromatic carbocycles. The Morgan fingerprint density at radius 3 is 2.81 bits per heavy atom. The van der Waals surface area contributed by atoms with E-state index in [0.717, 1.165) is 50.4 Å². The van der Waals surface area contributed by atoms with Crippen molar-refractivity contribution in [3.63, 3.8) is 0 Å². The number of nitrogens with one attached hydrogen (secondary N) is 1.